The maximum atomic E-state index is 5.55. The zero-order valence-corrected chi connectivity index (χ0v) is 14.7. The number of hydrogen-bond acceptors (Lipinski definition) is 5. The Morgan fingerprint density at radius 3 is 2.45 bits per heavy atom. The number of ether oxygens (including phenoxy) is 3. The Morgan fingerprint density at radius 2 is 1.86 bits per heavy atom. The van der Waals surface area contributed by atoms with E-state index in [-0.39, 0.29) is 12.4 Å². The second kappa shape index (κ2) is 9.08. The summed E-state index contributed by atoms with van der Waals surface area (Å²) in [5.41, 5.74) is 1.14. The van der Waals surface area contributed by atoms with Crippen LogP contribution in [0.15, 0.2) is 12.1 Å². The van der Waals surface area contributed by atoms with Gasteiger partial charge in [0.25, 0.3) is 0 Å². The van der Waals surface area contributed by atoms with E-state index in [4.69, 9.17) is 14.2 Å². The summed E-state index contributed by atoms with van der Waals surface area (Å²) in [4.78, 5) is 2.46. The lowest BCUT2D eigenvalue weighted by molar-refractivity contribution is 0.295. The van der Waals surface area contributed by atoms with Gasteiger partial charge in [-0.1, -0.05) is 6.07 Å². The first-order chi connectivity index (χ1) is 10.2. The minimum atomic E-state index is 0. The lowest BCUT2D eigenvalue weighted by atomic mass is 10.1. The Hall–Kier alpha value is -1.17. The fourth-order valence-corrected chi connectivity index (χ4v) is 3.04. The van der Waals surface area contributed by atoms with Gasteiger partial charge in [0.05, 0.1) is 21.3 Å². The highest BCUT2D eigenvalue weighted by molar-refractivity contribution is 5.85. The van der Waals surface area contributed by atoms with Crippen LogP contribution in [0.25, 0.3) is 0 Å². The molecule has 1 N–H and O–H groups in total. The van der Waals surface area contributed by atoms with E-state index in [0.29, 0.717) is 11.5 Å². The summed E-state index contributed by atoms with van der Waals surface area (Å²) in [7, 11) is 6.97. The molecule has 6 heteroatoms. The number of nitrogens with zero attached hydrogens (tertiary/aromatic N) is 1. The molecule has 0 aliphatic carbocycles. The van der Waals surface area contributed by atoms with Gasteiger partial charge in [0.1, 0.15) is 0 Å². The van der Waals surface area contributed by atoms with Crippen LogP contribution in [0.3, 0.4) is 0 Å². The van der Waals surface area contributed by atoms with Crippen molar-refractivity contribution in [2.75, 3.05) is 48.0 Å². The van der Waals surface area contributed by atoms with Crippen LogP contribution in [0.1, 0.15) is 12.0 Å². The number of hydrogen-bond donors (Lipinski definition) is 1. The summed E-state index contributed by atoms with van der Waals surface area (Å²) in [6.07, 6.45) is 1.25. The number of likely N-dealkylation sites (tertiary alicyclic amines) is 1. The molecule has 1 aliphatic rings. The van der Waals surface area contributed by atoms with E-state index in [0.717, 1.165) is 43.4 Å². The van der Waals surface area contributed by atoms with Gasteiger partial charge < -0.3 is 19.5 Å². The summed E-state index contributed by atoms with van der Waals surface area (Å²) in [6, 6.07) is 4.00. The number of nitrogens with one attached hydrogen (secondary N) is 1. The molecular formula is C16H27ClN2O3. The smallest absolute Gasteiger partial charge is 0.203 e. The molecule has 0 amide bonds. The largest absolute Gasteiger partial charge is 0.493 e. The van der Waals surface area contributed by atoms with Crippen molar-refractivity contribution in [3.05, 3.63) is 17.7 Å². The fourth-order valence-electron chi connectivity index (χ4n) is 3.04. The molecule has 1 heterocycles. The third kappa shape index (κ3) is 4.18. The Balaban J connectivity index is 0.00000242. The third-order valence-corrected chi connectivity index (χ3v) is 4.04. The summed E-state index contributed by atoms with van der Waals surface area (Å²) in [5, 5.41) is 3.26. The second-order valence-electron chi connectivity index (χ2n) is 5.44. The number of halogens is 1. The maximum Gasteiger partial charge on any atom is 0.203 e. The molecule has 0 aromatic heterocycles. The zero-order chi connectivity index (χ0) is 15.2. The lowest BCUT2D eigenvalue weighted by Gasteiger charge is -2.20. The molecule has 1 aliphatic heterocycles. The molecule has 22 heavy (non-hydrogen) atoms. The molecule has 1 unspecified atom stereocenters. The number of benzene rings is 1. The van der Waals surface area contributed by atoms with Crippen molar-refractivity contribution in [1.82, 2.24) is 10.2 Å². The Morgan fingerprint density at radius 1 is 1.14 bits per heavy atom. The van der Waals surface area contributed by atoms with E-state index >= 15 is 0 Å². The van der Waals surface area contributed by atoms with Crippen molar-refractivity contribution in [3.63, 3.8) is 0 Å². The summed E-state index contributed by atoms with van der Waals surface area (Å²) in [5.74, 6) is 2.88. The van der Waals surface area contributed by atoms with Crippen LogP contribution in [0.2, 0.25) is 0 Å². The summed E-state index contributed by atoms with van der Waals surface area (Å²) < 4.78 is 16.3. The van der Waals surface area contributed by atoms with E-state index < -0.39 is 0 Å². The Bertz CT molecular complexity index is 471. The molecule has 1 saturated heterocycles. The van der Waals surface area contributed by atoms with E-state index in [1.807, 2.05) is 13.1 Å². The molecule has 1 aromatic carbocycles. The maximum absolute atomic E-state index is 5.55. The Kier molecular flexibility index (Phi) is 7.79. The van der Waals surface area contributed by atoms with Crippen molar-refractivity contribution < 1.29 is 14.2 Å². The van der Waals surface area contributed by atoms with Gasteiger partial charge in [-0.2, -0.15) is 0 Å². The lowest BCUT2D eigenvalue weighted by Crippen LogP contribution is -2.24. The predicted molar refractivity (Wildman–Crippen MR) is 90.7 cm³/mol. The second-order valence-corrected chi connectivity index (χ2v) is 5.44. The molecular weight excluding hydrogens is 304 g/mol. The van der Waals surface area contributed by atoms with E-state index in [1.54, 1.807) is 21.3 Å². The average molecular weight is 331 g/mol. The van der Waals surface area contributed by atoms with E-state index in [1.165, 1.54) is 6.42 Å². The first kappa shape index (κ1) is 18.9. The van der Waals surface area contributed by atoms with Gasteiger partial charge in [0.15, 0.2) is 11.5 Å². The van der Waals surface area contributed by atoms with Gasteiger partial charge in [0, 0.05) is 18.7 Å². The van der Waals surface area contributed by atoms with Gasteiger partial charge in [-0.15, -0.1) is 12.4 Å². The third-order valence-electron chi connectivity index (χ3n) is 4.04. The Labute approximate surface area is 139 Å². The molecule has 0 saturated carbocycles. The van der Waals surface area contributed by atoms with Gasteiger partial charge in [0.2, 0.25) is 5.75 Å². The van der Waals surface area contributed by atoms with Gasteiger partial charge in [-0.25, -0.2) is 0 Å². The molecule has 1 aromatic rings. The average Bonchev–Trinajstić information content (AvgIpc) is 2.94. The van der Waals surface area contributed by atoms with Crippen LogP contribution in [-0.4, -0.2) is 52.9 Å². The number of rotatable bonds is 7. The van der Waals surface area contributed by atoms with Gasteiger partial charge >= 0.3 is 0 Å². The van der Waals surface area contributed by atoms with Crippen molar-refractivity contribution in [3.8, 4) is 17.2 Å². The zero-order valence-electron chi connectivity index (χ0n) is 13.8. The molecule has 126 valence electrons. The van der Waals surface area contributed by atoms with E-state index in [9.17, 15) is 0 Å². The van der Waals surface area contributed by atoms with Crippen molar-refractivity contribution >= 4 is 12.4 Å². The quantitative estimate of drug-likeness (QED) is 0.830. The SMILES string of the molecule is CNCC1CCN(Cc2ccc(OC)c(OC)c2OC)C1.Cl. The van der Waals surface area contributed by atoms with Crippen LogP contribution in [0.5, 0.6) is 17.2 Å². The minimum Gasteiger partial charge on any atom is -0.493 e. The standard InChI is InChI=1S/C16H26N2O3.ClH/c1-17-9-12-7-8-18(10-12)11-13-5-6-14(19-2)16(21-4)15(13)20-3;/h5-6,12,17H,7-11H2,1-4H3;1H. The van der Waals surface area contributed by atoms with Crippen LogP contribution >= 0.6 is 12.4 Å². The predicted octanol–water partition coefficient (Wildman–Crippen LogP) is 2.18. The monoisotopic (exact) mass is 330 g/mol. The van der Waals surface area contributed by atoms with Crippen LogP contribution < -0.4 is 19.5 Å². The number of methoxy groups -OCH3 is 3. The normalized spacial score (nSPS) is 17.9. The van der Waals surface area contributed by atoms with Crippen LogP contribution in [0.4, 0.5) is 0 Å². The summed E-state index contributed by atoms with van der Waals surface area (Å²) >= 11 is 0. The fraction of sp³-hybridized carbons (Fsp3) is 0.625. The molecule has 0 radical (unpaired) electrons. The minimum absolute atomic E-state index is 0. The highest BCUT2D eigenvalue weighted by Crippen LogP contribution is 2.40. The van der Waals surface area contributed by atoms with Crippen molar-refractivity contribution in [2.45, 2.75) is 13.0 Å². The first-order valence-electron chi connectivity index (χ1n) is 7.38. The van der Waals surface area contributed by atoms with Gasteiger partial charge in [-0.3, -0.25) is 4.90 Å². The molecule has 1 fully saturated rings. The molecule has 5 nitrogen and oxygen atoms in total. The van der Waals surface area contributed by atoms with Gasteiger partial charge in [-0.05, 0) is 38.5 Å². The first-order valence-corrected chi connectivity index (χ1v) is 7.38. The molecule has 0 bridgehead atoms. The highest BCUT2D eigenvalue weighted by atomic mass is 35.5. The molecule has 1 atom stereocenters. The summed E-state index contributed by atoms with van der Waals surface area (Å²) in [6.45, 7) is 4.21. The van der Waals surface area contributed by atoms with E-state index in [2.05, 4.69) is 16.3 Å². The molecule has 2 rings (SSSR count). The van der Waals surface area contributed by atoms with Crippen LogP contribution in [-0.2, 0) is 6.54 Å². The van der Waals surface area contributed by atoms with Crippen LogP contribution in [0, 0.1) is 5.92 Å². The van der Waals surface area contributed by atoms with Crippen molar-refractivity contribution in [2.24, 2.45) is 5.92 Å². The topological polar surface area (TPSA) is 43.0 Å². The highest BCUT2D eigenvalue weighted by Gasteiger charge is 2.24. The van der Waals surface area contributed by atoms with Crippen molar-refractivity contribution in [1.29, 1.82) is 0 Å². The molecule has 0 spiro atoms.